The molecule has 2 N–H and O–H groups in total. The van der Waals surface area contributed by atoms with Gasteiger partial charge in [0.05, 0.1) is 24.3 Å². The molecule has 2 aromatic heterocycles. The van der Waals surface area contributed by atoms with Crippen molar-refractivity contribution in [3.8, 4) is 11.5 Å². The largest absolute Gasteiger partial charge is 0.457 e. The quantitative estimate of drug-likeness (QED) is 0.482. The standard InChI is InChI=1S/C23H18N4O3S/c28-22(15-6-8-18(9-7-15)30-17-4-2-1-3-5-17)24-21-19-12-27(13-20(19)25-26-21)23(29)16-10-11-31-14-16/h1-11,14H,12-13H2,(H2,24,25,26,28). The third-order valence-electron chi connectivity index (χ3n) is 5.03. The SMILES string of the molecule is O=C(Nc1n[nH]c2c1CN(C(=O)c1ccsc1)C2)c1ccc(Oc2ccccc2)cc1. The van der Waals surface area contributed by atoms with Gasteiger partial charge in [-0.15, -0.1) is 0 Å². The number of carbonyl (C=O) groups is 2. The van der Waals surface area contributed by atoms with Gasteiger partial charge < -0.3 is 15.0 Å². The first-order valence-corrected chi connectivity index (χ1v) is 10.6. The number of thiophene rings is 1. The van der Waals surface area contributed by atoms with Crippen molar-refractivity contribution in [1.82, 2.24) is 15.1 Å². The molecule has 31 heavy (non-hydrogen) atoms. The van der Waals surface area contributed by atoms with E-state index in [0.29, 0.717) is 35.8 Å². The molecule has 5 rings (SSSR count). The Hall–Kier alpha value is -3.91. The van der Waals surface area contributed by atoms with E-state index in [1.165, 1.54) is 11.3 Å². The van der Waals surface area contributed by atoms with Gasteiger partial charge in [-0.25, -0.2) is 0 Å². The minimum absolute atomic E-state index is 0.0304. The molecule has 8 heteroatoms. The Labute approximate surface area is 182 Å². The zero-order chi connectivity index (χ0) is 21.2. The summed E-state index contributed by atoms with van der Waals surface area (Å²) in [4.78, 5) is 27.0. The van der Waals surface area contributed by atoms with Gasteiger partial charge in [-0.2, -0.15) is 16.4 Å². The number of carbonyl (C=O) groups excluding carboxylic acids is 2. The molecule has 0 unspecified atom stereocenters. The Morgan fingerprint density at radius 3 is 2.48 bits per heavy atom. The molecule has 3 heterocycles. The summed E-state index contributed by atoms with van der Waals surface area (Å²) in [7, 11) is 0. The first-order chi connectivity index (χ1) is 15.2. The van der Waals surface area contributed by atoms with Crippen LogP contribution in [0.1, 0.15) is 32.0 Å². The number of aromatic amines is 1. The van der Waals surface area contributed by atoms with E-state index in [2.05, 4.69) is 15.5 Å². The van der Waals surface area contributed by atoms with Crippen LogP contribution in [0.3, 0.4) is 0 Å². The van der Waals surface area contributed by atoms with Crippen LogP contribution in [0.4, 0.5) is 5.82 Å². The van der Waals surface area contributed by atoms with E-state index in [4.69, 9.17) is 4.74 Å². The summed E-state index contributed by atoms with van der Waals surface area (Å²) in [5.74, 6) is 1.52. The minimum atomic E-state index is -0.275. The van der Waals surface area contributed by atoms with Gasteiger partial charge in [0.2, 0.25) is 0 Å². The molecule has 0 radical (unpaired) electrons. The molecule has 154 valence electrons. The van der Waals surface area contributed by atoms with E-state index >= 15 is 0 Å². The number of ether oxygens (including phenoxy) is 1. The van der Waals surface area contributed by atoms with Crippen molar-refractivity contribution in [1.29, 1.82) is 0 Å². The van der Waals surface area contributed by atoms with E-state index in [1.54, 1.807) is 29.2 Å². The summed E-state index contributed by atoms with van der Waals surface area (Å²) in [6, 6.07) is 18.2. The van der Waals surface area contributed by atoms with E-state index in [9.17, 15) is 9.59 Å². The lowest BCUT2D eigenvalue weighted by atomic mass is 10.2. The maximum Gasteiger partial charge on any atom is 0.256 e. The molecule has 2 aromatic carbocycles. The number of nitrogens with zero attached hydrogens (tertiary/aromatic N) is 2. The van der Waals surface area contributed by atoms with Crippen LogP contribution in [0.5, 0.6) is 11.5 Å². The molecule has 2 amide bonds. The molecule has 1 aliphatic rings. The molecule has 4 aromatic rings. The van der Waals surface area contributed by atoms with Gasteiger partial charge in [0, 0.05) is 16.5 Å². The molecular weight excluding hydrogens is 412 g/mol. The highest BCUT2D eigenvalue weighted by Gasteiger charge is 2.29. The molecule has 0 atom stereocenters. The highest BCUT2D eigenvalue weighted by atomic mass is 32.1. The lowest BCUT2D eigenvalue weighted by Gasteiger charge is -2.14. The van der Waals surface area contributed by atoms with E-state index in [0.717, 1.165) is 17.0 Å². The van der Waals surface area contributed by atoms with Crippen LogP contribution in [0.2, 0.25) is 0 Å². The summed E-state index contributed by atoms with van der Waals surface area (Å²) in [5.41, 5.74) is 2.83. The topological polar surface area (TPSA) is 87.3 Å². The number of hydrogen-bond acceptors (Lipinski definition) is 5. The van der Waals surface area contributed by atoms with Crippen LogP contribution in [-0.4, -0.2) is 26.9 Å². The van der Waals surface area contributed by atoms with Crippen LogP contribution in [0, 0.1) is 0 Å². The fourth-order valence-electron chi connectivity index (χ4n) is 3.43. The second kappa shape index (κ2) is 8.08. The van der Waals surface area contributed by atoms with Crippen molar-refractivity contribution < 1.29 is 14.3 Å². The summed E-state index contributed by atoms with van der Waals surface area (Å²) in [5, 5.41) is 13.7. The van der Waals surface area contributed by atoms with Gasteiger partial charge in [-0.05, 0) is 47.8 Å². The van der Waals surface area contributed by atoms with Crippen molar-refractivity contribution in [2.24, 2.45) is 0 Å². The lowest BCUT2D eigenvalue weighted by Crippen LogP contribution is -2.25. The monoisotopic (exact) mass is 430 g/mol. The second-order valence-electron chi connectivity index (χ2n) is 7.10. The number of para-hydroxylation sites is 1. The number of anilines is 1. The third-order valence-corrected chi connectivity index (χ3v) is 5.72. The Balaban J connectivity index is 1.25. The number of amides is 2. The number of fused-ring (bicyclic) bond motifs is 1. The van der Waals surface area contributed by atoms with Gasteiger partial charge in [-0.3, -0.25) is 14.7 Å². The Bertz CT molecular complexity index is 1220. The van der Waals surface area contributed by atoms with Gasteiger partial charge >= 0.3 is 0 Å². The molecule has 0 spiro atoms. The Morgan fingerprint density at radius 1 is 0.968 bits per heavy atom. The second-order valence-corrected chi connectivity index (χ2v) is 7.88. The number of hydrogen-bond donors (Lipinski definition) is 2. The van der Waals surface area contributed by atoms with Crippen molar-refractivity contribution in [2.75, 3.05) is 5.32 Å². The van der Waals surface area contributed by atoms with Crippen molar-refractivity contribution in [2.45, 2.75) is 13.1 Å². The molecule has 0 fully saturated rings. The van der Waals surface area contributed by atoms with E-state index < -0.39 is 0 Å². The van der Waals surface area contributed by atoms with Crippen molar-refractivity contribution in [3.05, 3.63) is 93.8 Å². The number of nitrogens with one attached hydrogen (secondary N) is 2. The van der Waals surface area contributed by atoms with Gasteiger partial charge in [0.15, 0.2) is 5.82 Å². The fourth-order valence-corrected chi connectivity index (χ4v) is 4.06. The smallest absolute Gasteiger partial charge is 0.256 e. The summed E-state index contributed by atoms with van der Waals surface area (Å²) < 4.78 is 5.76. The number of benzene rings is 2. The average molecular weight is 430 g/mol. The molecule has 0 saturated carbocycles. The van der Waals surface area contributed by atoms with Crippen LogP contribution in [0.15, 0.2) is 71.4 Å². The van der Waals surface area contributed by atoms with Crippen LogP contribution in [-0.2, 0) is 13.1 Å². The first-order valence-electron chi connectivity index (χ1n) is 9.69. The highest BCUT2D eigenvalue weighted by Crippen LogP contribution is 2.29. The predicted octanol–water partition coefficient (Wildman–Crippen LogP) is 4.67. The molecule has 1 aliphatic heterocycles. The van der Waals surface area contributed by atoms with Gasteiger partial charge in [0.25, 0.3) is 11.8 Å². The maximum atomic E-state index is 12.7. The summed E-state index contributed by atoms with van der Waals surface area (Å²) in [6.45, 7) is 0.846. The number of rotatable bonds is 5. The van der Waals surface area contributed by atoms with Crippen LogP contribution < -0.4 is 10.1 Å². The normalized spacial score (nSPS) is 12.5. The van der Waals surface area contributed by atoms with Crippen LogP contribution in [0.25, 0.3) is 0 Å². The zero-order valence-corrected chi connectivity index (χ0v) is 17.2. The zero-order valence-electron chi connectivity index (χ0n) is 16.4. The first kappa shape index (κ1) is 19.1. The molecule has 7 nitrogen and oxygen atoms in total. The van der Waals surface area contributed by atoms with Crippen molar-refractivity contribution >= 4 is 29.0 Å². The molecule has 0 bridgehead atoms. The summed E-state index contributed by atoms with van der Waals surface area (Å²) >= 11 is 1.49. The van der Waals surface area contributed by atoms with E-state index in [-0.39, 0.29) is 11.8 Å². The highest BCUT2D eigenvalue weighted by molar-refractivity contribution is 7.08. The Morgan fingerprint density at radius 2 is 1.74 bits per heavy atom. The van der Waals surface area contributed by atoms with Gasteiger partial charge in [0.1, 0.15) is 11.5 Å². The van der Waals surface area contributed by atoms with E-state index in [1.807, 2.05) is 47.2 Å². The van der Waals surface area contributed by atoms with Crippen molar-refractivity contribution in [3.63, 3.8) is 0 Å². The third kappa shape index (κ3) is 3.93. The maximum absolute atomic E-state index is 12.7. The van der Waals surface area contributed by atoms with Crippen LogP contribution >= 0.6 is 11.3 Å². The fraction of sp³-hybridized carbons (Fsp3) is 0.0870. The number of H-pyrrole nitrogens is 1. The molecule has 0 aliphatic carbocycles. The average Bonchev–Trinajstić information content (AvgIpc) is 3.54. The predicted molar refractivity (Wildman–Crippen MR) is 117 cm³/mol. The summed E-state index contributed by atoms with van der Waals surface area (Å²) in [6.07, 6.45) is 0. The lowest BCUT2D eigenvalue weighted by molar-refractivity contribution is 0.0750. The molecule has 0 saturated heterocycles. The Kier molecular flexibility index (Phi) is 4.97. The minimum Gasteiger partial charge on any atom is -0.457 e. The van der Waals surface area contributed by atoms with Gasteiger partial charge in [-0.1, -0.05) is 18.2 Å². The number of aromatic nitrogens is 2. The molecular formula is C23H18N4O3S.